The Kier molecular flexibility index (Phi) is 6.85. The van der Waals surface area contributed by atoms with Gasteiger partial charge in [0, 0.05) is 32.7 Å². The van der Waals surface area contributed by atoms with Gasteiger partial charge in [0.1, 0.15) is 17.2 Å². The molecule has 1 fully saturated rings. The van der Waals surface area contributed by atoms with Gasteiger partial charge in [-0.05, 0) is 54.4 Å². The molecule has 3 aromatic carbocycles. The molecule has 5 heteroatoms. The first kappa shape index (κ1) is 20.9. The second-order valence-corrected chi connectivity index (χ2v) is 7.82. The Hall–Kier alpha value is -3.31. The largest absolute Gasteiger partial charge is 0.484 e. The summed E-state index contributed by atoms with van der Waals surface area (Å²) in [4.78, 5) is 16.8. The van der Waals surface area contributed by atoms with Crippen LogP contribution in [0.15, 0.2) is 78.9 Å². The highest BCUT2D eigenvalue weighted by Gasteiger charge is 2.21. The third-order valence-electron chi connectivity index (χ3n) is 5.36. The topological polar surface area (TPSA) is 42.0 Å². The Morgan fingerprint density at radius 3 is 2.29 bits per heavy atom. The van der Waals surface area contributed by atoms with Crippen LogP contribution in [-0.4, -0.2) is 48.5 Å². The van der Waals surface area contributed by atoms with Gasteiger partial charge in [0.25, 0.3) is 5.91 Å². The van der Waals surface area contributed by atoms with Gasteiger partial charge in [0.15, 0.2) is 6.61 Å². The highest BCUT2D eigenvalue weighted by molar-refractivity contribution is 5.77. The molecule has 1 aliphatic heterocycles. The first-order valence-corrected chi connectivity index (χ1v) is 10.7. The molecule has 0 aliphatic carbocycles. The lowest BCUT2D eigenvalue weighted by Crippen LogP contribution is -2.49. The van der Waals surface area contributed by atoms with Crippen LogP contribution in [0.5, 0.6) is 17.2 Å². The molecular formula is C26H28N2O3. The molecule has 3 aromatic rings. The van der Waals surface area contributed by atoms with Crippen LogP contribution >= 0.6 is 0 Å². The predicted octanol–water partition coefficient (Wildman–Crippen LogP) is 4.51. The summed E-state index contributed by atoms with van der Waals surface area (Å²) in [6.45, 7) is 6.07. The number of ether oxygens (including phenoxy) is 2. The zero-order valence-corrected chi connectivity index (χ0v) is 17.9. The summed E-state index contributed by atoms with van der Waals surface area (Å²) in [5.74, 6) is 2.45. The third kappa shape index (κ3) is 6.09. The average molecular weight is 417 g/mol. The number of rotatable bonds is 7. The molecule has 5 nitrogen and oxygen atoms in total. The van der Waals surface area contributed by atoms with Gasteiger partial charge < -0.3 is 14.4 Å². The van der Waals surface area contributed by atoms with E-state index in [4.69, 9.17) is 9.47 Å². The number of amides is 1. The second-order valence-electron chi connectivity index (χ2n) is 7.82. The van der Waals surface area contributed by atoms with Crippen molar-refractivity contribution in [1.29, 1.82) is 0 Å². The lowest BCUT2D eigenvalue weighted by Gasteiger charge is -2.34. The Balaban J connectivity index is 1.24. The van der Waals surface area contributed by atoms with Crippen molar-refractivity contribution < 1.29 is 14.3 Å². The fourth-order valence-electron chi connectivity index (χ4n) is 3.69. The van der Waals surface area contributed by atoms with Crippen molar-refractivity contribution in [3.8, 4) is 17.2 Å². The van der Waals surface area contributed by atoms with Crippen LogP contribution in [0.4, 0.5) is 0 Å². The van der Waals surface area contributed by atoms with Crippen molar-refractivity contribution in [2.45, 2.75) is 13.5 Å². The number of nitrogens with zero attached hydrogens (tertiary/aromatic N) is 2. The van der Waals surface area contributed by atoms with Gasteiger partial charge in [-0.2, -0.15) is 0 Å². The number of hydrogen-bond donors (Lipinski definition) is 0. The number of carbonyl (C=O) groups excluding carboxylic acids is 1. The summed E-state index contributed by atoms with van der Waals surface area (Å²) in [6, 6.07) is 25.8. The molecule has 0 atom stereocenters. The van der Waals surface area contributed by atoms with Crippen LogP contribution < -0.4 is 9.47 Å². The minimum Gasteiger partial charge on any atom is -0.484 e. The minimum atomic E-state index is 0.0411. The van der Waals surface area contributed by atoms with E-state index in [0.29, 0.717) is 0 Å². The van der Waals surface area contributed by atoms with Crippen LogP contribution in [0.3, 0.4) is 0 Å². The molecule has 0 saturated carbocycles. The number of benzene rings is 3. The Bertz CT molecular complexity index is 998. The molecule has 31 heavy (non-hydrogen) atoms. The van der Waals surface area contributed by atoms with E-state index in [-0.39, 0.29) is 12.5 Å². The van der Waals surface area contributed by atoms with E-state index in [1.165, 1.54) is 5.56 Å². The molecule has 0 bridgehead atoms. The summed E-state index contributed by atoms with van der Waals surface area (Å²) >= 11 is 0. The van der Waals surface area contributed by atoms with Gasteiger partial charge in [-0.25, -0.2) is 0 Å². The monoisotopic (exact) mass is 416 g/mol. The Morgan fingerprint density at radius 1 is 0.806 bits per heavy atom. The summed E-state index contributed by atoms with van der Waals surface area (Å²) in [6.07, 6.45) is 0. The standard InChI is InChI=1S/C26H28N2O3/c1-21-7-5-11-24(17-21)30-20-26(29)28-15-13-27(14-16-28)19-22-8-6-12-25(18-22)31-23-9-3-2-4-10-23/h2-12,17-18H,13-16,19-20H2,1H3. The van der Waals surface area contributed by atoms with Crippen molar-refractivity contribution in [2.75, 3.05) is 32.8 Å². The smallest absolute Gasteiger partial charge is 0.260 e. The molecule has 0 aromatic heterocycles. The second kappa shape index (κ2) is 10.1. The summed E-state index contributed by atoms with van der Waals surface area (Å²) in [5, 5.41) is 0. The van der Waals surface area contributed by atoms with Gasteiger partial charge in [-0.3, -0.25) is 9.69 Å². The van der Waals surface area contributed by atoms with E-state index in [1.54, 1.807) is 0 Å². The summed E-state index contributed by atoms with van der Waals surface area (Å²) in [7, 11) is 0. The van der Waals surface area contributed by atoms with Gasteiger partial charge >= 0.3 is 0 Å². The number of para-hydroxylation sites is 1. The Labute approximate surface area is 183 Å². The van der Waals surface area contributed by atoms with Gasteiger partial charge in [0.2, 0.25) is 0 Å². The average Bonchev–Trinajstić information content (AvgIpc) is 2.79. The number of hydrogen-bond acceptors (Lipinski definition) is 4. The van der Waals surface area contributed by atoms with Crippen molar-refractivity contribution in [1.82, 2.24) is 9.80 Å². The number of carbonyl (C=O) groups is 1. The molecule has 1 aliphatic rings. The third-order valence-corrected chi connectivity index (χ3v) is 5.36. The van der Waals surface area contributed by atoms with E-state index >= 15 is 0 Å². The van der Waals surface area contributed by atoms with Crippen LogP contribution in [0, 0.1) is 6.92 Å². The molecule has 0 N–H and O–H groups in total. The summed E-state index contributed by atoms with van der Waals surface area (Å²) < 4.78 is 11.6. The maximum atomic E-state index is 12.5. The molecule has 0 spiro atoms. The van der Waals surface area contributed by atoms with E-state index < -0.39 is 0 Å². The first-order valence-electron chi connectivity index (χ1n) is 10.7. The van der Waals surface area contributed by atoms with Crippen molar-refractivity contribution >= 4 is 5.91 Å². The molecule has 0 radical (unpaired) electrons. The highest BCUT2D eigenvalue weighted by Crippen LogP contribution is 2.22. The van der Waals surface area contributed by atoms with Crippen LogP contribution in [0.25, 0.3) is 0 Å². The molecular weight excluding hydrogens is 388 g/mol. The number of aryl methyl sites for hydroxylation is 1. The fourth-order valence-corrected chi connectivity index (χ4v) is 3.69. The van der Waals surface area contributed by atoms with Crippen LogP contribution in [0.1, 0.15) is 11.1 Å². The van der Waals surface area contributed by atoms with Crippen molar-refractivity contribution in [2.24, 2.45) is 0 Å². The van der Waals surface area contributed by atoms with Crippen molar-refractivity contribution in [3.63, 3.8) is 0 Å². The molecule has 1 saturated heterocycles. The first-order chi connectivity index (χ1) is 15.2. The molecule has 160 valence electrons. The normalized spacial score (nSPS) is 14.3. The van der Waals surface area contributed by atoms with Gasteiger partial charge in [-0.1, -0.05) is 42.5 Å². The van der Waals surface area contributed by atoms with Gasteiger partial charge in [0.05, 0.1) is 0 Å². The van der Waals surface area contributed by atoms with Gasteiger partial charge in [-0.15, -0.1) is 0 Å². The predicted molar refractivity (Wildman–Crippen MR) is 121 cm³/mol. The molecule has 1 amide bonds. The minimum absolute atomic E-state index is 0.0411. The maximum Gasteiger partial charge on any atom is 0.260 e. The SMILES string of the molecule is Cc1cccc(OCC(=O)N2CCN(Cc3cccc(Oc4ccccc4)c3)CC2)c1. The molecule has 1 heterocycles. The van der Waals surface area contributed by atoms with E-state index in [0.717, 1.165) is 55.5 Å². The zero-order valence-electron chi connectivity index (χ0n) is 17.9. The van der Waals surface area contributed by atoms with Crippen LogP contribution in [0.2, 0.25) is 0 Å². The zero-order chi connectivity index (χ0) is 21.5. The molecule has 4 rings (SSSR count). The van der Waals surface area contributed by atoms with Crippen LogP contribution in [-0.2, 0) is 11.3 Å². The maximum absolute atomic E-state index is 12.5. The fraction of sp³-hybridized carbons (Fsp3) is 0.269. The van der Waals surface area contributed by atoms with E-state index in [1.807, 2.05) is 78.6 Å². The highest BCUT2D eigenvalue weighted by atomic mass is 16.5. The number of piperazine rings is 1. The van der Waals surface area contributed by atoms with E-state index in [9.17, 15) is 4.79 Å². The molecule has 0 unspecified atom stereocenters. The Morgan fingerprint density at radius 2 is 1.52 bits per heavy atom. The summed E-state index contributed by atoms with van der Waals surface area (Å²) in [5.41, 5.74) is 2.33. The van der Waals surface area contributed by atoms with Crippen molar-refractivity contribution in [3.05, 3.63) is 90.0 Å². The quantitative estimate of drug-likeness (QED) is 0.568. The lowest BCUT2D eigenvalue weighted by molar-refractivity contribution is -0.135. The van der Waals surface area contributed by atoms with E-state index in [2.05, 4.69) is 17.0 Å². The lowest BCUT2D eigenvalue weighted by atomic mass is 10.2.